The molecule has 1 amide bonds. The van der Waals surface area contributed by atoms with Crippen molar-refractivity contribution in [2.75, 3.05) is 4.90 Å². The number of carbonyl (C=O) groups is 1. The standard InChI is InChI=1S/C33H28BrIN2O2S/c1-3-22-7-14-27(15-8-22)36-33-37(28-16-9-23(4-2)10-17-28)32(38)31(40-33)20-25-11-18-30(29(34)19-25)39-21-24-5-12-26(35)13-6-24/h5-20H,3-4,21H2,1-2H3/b31-20-,36-33?. The van der Waals surface area contributed by atoms with Gasteiger partial charge in [-0.15, -0.1) is 0 Å². The molecule has 0 bridgehead atoms. The minimum Gasteiger partial charge on any atom is -0.488 e. The molecule has 1 fully saturated rings. The van der Waals surface area contributed by atoms with Crippen molar-refractivity contribution in [2.24, 2.45) is 4.99 Å². The Morgan fingerprint density at radius 3 is 2.12 bits per heavy atom. The van der Waals surface area contributed by atoms with Crippen LogP contribution in [-0.4, -0.2) is 11.1 Å². The van der Waals surface area contributed by atoms with Crippen LogP contribution in [0.15, 0.2) is 105 Å². The fraction of sp³-hybridized carbons (Fsp3) is 0.152. The monoisotopic (exact) mass is 722 g/mol. The van der Waals surface area contributed by atoms with Gasteiger partial charge >= 0.3 is 0 Å². The van der Waals surface area contributed by atoms with E-state index in [1.54, 1.807) is 4.90 Å². The molecule has 0 radical (unpaired) electrons. The highest BCUT2D eigenvalue weighted by molar-refractivity contribution is 14.1. The SMILES string of the molecule is CCc1ccc(N=C2S/C(=C\c3ccc(OCc4ccc(I)cc4)c(Br)c3)C(=O)N2c2ccc(CC)cc2)cc1. The summed E-state index contributed by atoms with van der Waals surface area (Å²) in [4.78, 5) is 20.9. The summed E-state index contributed by atoms with van der Waals surface area (Å²) in [7, 11) is 0. The molecular formula is C33H28BrIN2O2S. The van der Waals surface area contributed by atoms with Crippen LogP contribution in [0, 0.1) is 3.57 Å². The molecule has 4 aromatic rings. The maximum Gasteiger partial charge on any atom is 0.271 e. The fourth-order valence-electron chi connectivity index (χ4n) is 4.19. The first-order chi connectivity index (χ1) is 19.4. The summed E-state index contributed by atoms with van der Waals surface area (Å²) >= 11 is 7.33. The lowest BCUT2D eigenvalue weighted by Crippen LogP contribution is -2.28. The van der Waals surface area contributed by atoms with E-state index < -0.39 is 0 Å². The molecule has 0 unspecified atom stereocenters. The lowest BCUT2D eigenvalue weighted by molar-refractivity contribution is -0.113. The number of carbonyl (C=O) groups excluding carboxylic acids is 1. The number of amides is 1. The fourth-order valence-corrected chi connectivity index (χ4v) is 6.06. The van der Waals surface area contributed by atoms with E-state index >= 15 is 0 Å². The second-order valence-corrected chi connectivity index (χ2v) is 12.4. The largest absolute Gasteiger partial charge is 0.488 e. The van der Waals surface area contributed by atoms with E-state index in [2.05, 4.69) is 101 Å². The van der Waals surface area contributed by atoms with Gasteiger partial charge in [-0.3, -0.25) is 9.69 Å². The zero-order chi connectivity index (χ0) is 28.1. The van der Waals surface area contributed by atoms with Crippen LogP contribution in [-0.2, 0) is 24.2 Å². The van der Waals surface area contributed by atoms with Crippen LogP contribution in [0.25, 0.3) is 6.08 Å². The zero-order valence-corrected chi connectivity index (χ0v) is 26.8. The van der Waals surface area contributed by atoms with Gasteiger partial charge in [0.15, 0.2) is 5.17 Å². The van der Waals surface area contributed by atoms with E-state index in [-0.39, 0.29) is 5.91 Å². The molecule has 0 N–H and O–H groups in total. The third-order valence-corrected chi connectivity index (χ3v) is 8.85. The number of anilines is 1. The molecule has 202 valence electrons. The number of amidine groups is 1. The Morgan fingerprint density at radius 2 is 1.50 bits per heavy atom. The van der Waals surface area contributed by atoms with Crippen molar-refractivity contribution in [1.29, 1.82) is 0 Å². The maximum atomic E-state index is 13.7. The van der Waals surface area contributed by atoms with Gasteiger partial charge in [-0.25, -0.2) is 4.99 Å². The van der Waals surface area contributed by atoms with Gasteiger partial charge in [0.2, 0.25) is 0 Å². The van der Waals surface area contributed by atoms with Gasteiger partial charge in [0.25, 0.3) is 5.91 Å². The molecule has 4 nitrogen and oxygen atoms in total. The molecule has 1 aliphatic rings. The Kier molecular flexibility index (Phi) is 9.44. The van der Waals surface area contributed by atoms with Crippen molar-refractivity contribution in [3.63, 3.8) is 0 Å². The molecule has 40 heavy (non-hydrogen) atoms. The van der Waals surface area contributed by atoms with Gasteiger partial charge in [0, 0.05) is 3.57 Å². The summed E-state index contributed by atoms with van der Waals surface area (Å²) in [6.07, 6.45) is 3.83. The van der Waals surface area contributed by atoms with Crippen molar-refractivity contribution < 1.29 is 9.53 Å². The van der Waals surface area contributed by atoms with E-state index in [1.165, 1.54) is 26.5 Å². The summed E-state index contributed by atoms with van der Waals surface area (Å²) in [6.45, 7) is 4.73. The first kappa shape index (κ1) is 28.6. The Labute approximate surface area is 261 Å². The molecule has 0 spiro atoms. The highest BCUT2D eigenvalue weighted by Crippen LogP contribution is 2.38. The molecule has 0 aliphatic carbocycles. The number of aryl methyl sites for hydroxylation is 2. The minimum absolute atomic E-state index is 0.0895. The summed E-state index contributed by atoms with van der Waals surface area (Å²) in [5, 5.41) is 0.640. The third-order valence-electron chi connectivity index (χ3n) is 6.54. The van der Waals surface area contributed by atoms with E-state index in [1.807, 2.05) is 48.5 Å². The second kappa shape index (κ2) is 13.2. The lowest BCUT2D eigenvalue weighted by atomic mass is 10.1. The first-order valence-electron chi connectivity index (χ1n) is 13.1. The van der Waals surface area contributed by atoms with Crippen LogP contribution < -0.4 is 9.64 Å². The highest BCUT2D eigenvalue weighted by Gasteiger charge is 2.34. The number of aliphatic imine (C=N–C) groups is 1. The summed E-state index contributed by atoms with van der Waals surface area (Å²) in [6, 6.07) is 30.4. The molecule has 1 aliphatic heterocycles. The first-order valence-corrected chi connectivity index (χ1v) is 15.8. The number of benzene rings is 4. The van der Waals surface area contributed by atoms with E-state index in [0.29, 0.717) is 16.7 Å². The van der Waals surface area contributed by atoms with Crippen LogP contribution in [0.2, 0.25) is 0 Å². The van der Waals surface area contributed by atoms with Crippen molar-refractivity contribution in [1.82, 2.24) is 0 Å². The summed E-state index contributed by atoms with van der Waals surface area (Å²) in [5.41, 5.74) is 6.11. The summed E-state index contributed by atoms with van der Waals surface area (Å²) in [5.74, 6) is 0.662. The number of nitrogens with zero attached hydrogens (tertiary/aromatic N) is 2. The number of thioether (sulfide) groups is 1. The molecule has 0 saturated carbocycles. The van der Waals surface area contributed by atoms with Crippen LogP contribution in [0.5, 0.6) is 5.75 Å². The third kappa shape index (κ3) is 6.87. The topological polar surface area (TPSA) is 41.9 Å². The normalized spacial score (nSPS) is 15.3. The molecule has 7 heteroatoms. The molecule has 1 heterocycles. The Balaban J connectivity index is 1.41. The molecule has 0 aromatic heterocycles. The molecule has 0 atom stereocenters. The maximum absolute atomic E-state index is 13.7. The highest BCUT2D eigenvalue weighted by atomic mass is 127. The van der Waals surface area contributed by atoms with Gasteiger partial charge in [0.05, 0.1) is 20.8 Å². The van der Waals surface area contributed by atoms with Gasteiger partial charge in [0.1, 0.15) is 12.4 Å². The minimum atomic E-state index is -0.0895. The smallest absolute Gasteiger partial charge is 0.271 e. The average Bonchev–Trinajstić information content (AvgIpc) is 3.27. The van der Waals surface area contributed by atoms with Crippen LogP contribution in [0.3, 0.4) is 0 Å². The Bertz CT molecular complexity index is 1570. The van der Waals surface area contributed by atoms with Crippen molar-refractivity contribution in [2.45, 2.75) is 33.3 Å². The Morgan fingerprint density at radius 1 is 0.875 bits per heavy atom. The molecule has 1 saturated heterocycles. The van der Waals surface area contributed by atoms with Gasteiger partial charge in [-0.1, -0.05) is 56.3 Å². The van der Waals surface area contributed by atoms with E-state index in [0.717, 1.165) is 45.6 Å². The number of hydrogen-bond donors (Lipinski definition) is 0. The number of halogens is 2. The zero-order valence-electron chi connectivity index (χ0n) is 22.2. The van der Waals surface area contributed by atoms with Gasteiger partial charge in [-0.2, -0.15) is 0 Å². The number of ether oxygens (including phenoxy) is 1. The van der Waals surface area contributed by atoms with Crippen molar-refractivity contribution in [3.8, 4) is 5.75 Å². The Hall–Kier alpha value is -2.88. The number of rotatable bonds is 8. The van der Waals surface area contributed by atoms with E-state index in [4.69, 9.17) is 9.73 Å². The van der Waals surface area contributed by atoms with Crippen molar-refractivity contribution in [3.05, 3.63) is 126 Å². The average molecular weight is 723 g/mol. The van der Waals surface area contributed by atoms with Crippen molar-refractivity contribution >= 4 is 78.8 Å². The molecule has 4 aromatic carbocycles. The molecule has 5 rings (SSSR count). The second-order valence-electron chi connectivity index (χ2n) is 9.29. The predicted octanol–water partition coefficient (Wildman–Crippen LogP) is 9.57. The van der Waals surface area contributed by atoms with Gasteiger partial charge in [-0.05, 0) is 140 Å². The van der Waals surface area contributed by atoms with E-state index in [9.17, 15) is 4.79 Å². The number of hydrogen-bond acceptors (Lipinski definition) is 4. The van der Waals surface area contributed by atoms with Crippen LogP contribution >= 0.6 is 50.3 Å². The lowest BCUT2D eigenvalue weighted by Gasteiger charge is -2.16. The van der Waals surface area contributed by atoms with Crippen LogP contribution in [0.4, 0.5) is 11.4 Å². The van der Waals surface area contributed by atoms with Crippen LogP contribution in [0.1, 0.15) is 36.1 Å². The molecular weight excluding hydrogens is 695 g/mol. The quantitative estimate of drug-likeness (QED) is 0.134. The predicted molar refractivity (Wildman–Crippen MR) is 179 cm³/mol. The van der Waals surface area contributed by atoms with Gasteiger partial charge < -0.3 is 4.74 Å². The summed E-state index contributed by atoms with van der Waals surface area (Å²) < 4.78 is 8.06.